The van der Waals surface area contributed by atoms with Crippen LogP contribution in [0.1, 0.15) is 52.9 Å². The summed E-state index contributed by atoms with van der Waals surface area (Å²) in [6.07, 6.45) is 0. The summed E-state index contributed by atoms with van der Waals surface area (Å²) in [6.45, 7) is 12.9. The topological polar surface area (TPSA) is 54.7 Å². The molecule has 1 aromatic rings. The number of nitrogens with zero attached hydrogens (tertiary/aromatic N) is 1. The molecule has 0 amide bonds. The van der Waals surface area contributed by atoms with Crippen molar-refractivity contribution in [2.45, 2.75) is 52.4 Å². The molecule has 0 bridgehead atoms. The summed E-state index contributed by atoms with van der Waals surface area (Å²) < 4.78 is 0. The molecule has 0 saturated carbocycles. The number of hydrogen-bond acceptors (Lipinski definition) is 2. The molecule has 1 aromatic heterocycles. The second kappa shape index (κ2) is 3.01. The Morgan fingerprint density at radius 3 is 1.79 bits per heavy atom. The third-order valence-corrected chi connectivity index (χ3v) is 2.18. The molecular formula is C11H21N3. The highest BCUT2D eigenvalue weighted by Gasteiger charge is 2.28. The zero-order valence-electron chi connectivity index (χ0n) is 10.0. The van der Waals surface area contributed by atoms with Gasteiger partial charge in [0.05, 0.1) is 5.69 Å². The van der Waals surface area contributed by atoms with Gasteiger partial charge in [0, 0.05) is 16.5 Å². The number of nitrogens with two attached hydrogens (primary N) is 1. The summed E-state index contributed by atoms with van der Waals surface area (Å²) in [5.74, 6) is 0.514. The third-order valence-electron chi connectivity index (χ3n) is 2.18. The molecule has 3 N–H and O–H groups in total. The van der Waals surface area contributed by atoms with E-state index < -0.39 is 0 Å². The van der Waals surface area contributed by atoms with Crippen LogP contribution in [0.5, 0.6) is 0 Å². The third kappa shape index (κ3) is 2.08. The van der Waals surface area contributed by atoms with Crippen molar-refractivity contribution in [3.8, 4) is 0 Å². The molecule has 0 spiro atoms. The summed E-state index contributed by atoms with van der Waals surface area (Å²) in [7, 11) is 0. The quantitative estimate of drug-likeness (QED) is 0.668. The lowest BCUT2D eigenvalue weighted by Crippen LogP contribution is -2.21. The van der Waals surface area contributed by atoms with Crippen LogP contribution in [-0.2, 0) is 10.8 Å². The van der Waals surface area contributed by atoms with Crippen LogP contribution >= 0.6 is 0 Å². The average molecular weight is 195 g/mol. The van der Waals surface area contributed by atoms with E-state index in [1.807, 2.05) is 0 Å². The first-order valence-corrected chi connectivity index (χ1v) is 4.99. The number of anilines is 1. The molecule has 0 aliphatic heterocycles. The number of aromatic nitrogens is 2. The number of H-pyrrole nitrogens is 1. The molecule has 0 aliphatic carbocycles. The van der Waals surface area contributed by atoms with Crippen LogP contribution in [0.25, 0.3) is 0 Å². The number of rotatable bonds is 0. The van der Waals surface area contributed by atoms with E-state index in [1.54, 1.807) is 0 Å². The lowest BCUT2D eigenvalue weighted by atomic mass is 9.82. The smallest absolute Gasteiger partial charge is 0.197 e. The Kier molecular flexibility index (Phi) is 2.38. The van der Waals surface area contributed by atoms with Crippen molar-refractivity contribution in [3.05, 3.63) is 11.4 Å². The fourth-order valence-corrected chi connectivity index (χ4v) is 1.48. The largest absolute Gasteiger partial charge is 0.369 e. The van der Waals surface area contributed by atoms with Crippen LogP contribution in [0.4, 0.5) is 5.95 Å². The first kappa shape index (κ1) is 11.1. The SMILES string of the molecule is CC(C)(C)c1nc(N)[nH]c1C(C)(C)C. The molecule has 0 aliphatic rings. The van der Waals surface area contributed by atoms with Crippen molar-refractivity contribution < 1.29 is 0 Å². The van der Waals surface area contributed by atoms with E-state index in [0.29, 0.717) is 5.95 Å². The maximum absolute atomic E-state index is 5.71. The van der Waals surface area contributed by atoms with Gasteiger partial charge in [0.2, 0.25) is 0 Å². The lowest BCUT2D eigenvalue weighted by molar-refractivity contribution is 0.512. The normalized spacial score (nSPS) is 13.3. The molecule has 1 heterocycles. The number of nitrogens with one attached hydrogen (secondary N) is 1. The van der Waals surface area contributed by atoms with Crippen molar-refractivity contribution >= 4 is 5.95 Å². The second-order valence-corrected chi connectivity index (χ2v) is 5.85. The second-order valence-electron chi connectivity index (χ2n) is 5.85. The van der Waals surface area contributed by atoms with Crippen LogP contribution in [0.15, 0.2) is 0 Å². The van der Waals surface area contributed by atoms with Gasteiger partial charge in [-0.3, -0.25) is 0 Å². The highest BCUT2D eigenvalue weighted by Crippen LogP contribution is 2.32. The van der Waals surface area contributed by atoms with Gasteiger partial charge in [-0.1, -0.05) is 41.5 Å². The van der Waals surface area contributed by atoms with Crippen LogP contribution < -0.4 is 5.73 Å². The van der Waals surface area contributed by atoms with Crippen molar-refractivity contribution in [1.82, 2.24) is 9.97 Å². The maximum Gasteiger partial charge on any atom is 0.197 e. The van der Waals surface area contributed by atoms with Crippen LogP contribution in [0.3, 0.4) is 0 Å². The van der Waals surface area contributed by atoms with Gasteiger partial charge >= 0.3 is 0 Å². The van der Waals surface area contributed by atoms with E-state index in [4.69, 9.17) is 5.73 Å². The Labute approximate surface area is 86.1 Å². The fraction of sp³-hybridized carbons (Fsp3) is 0.727. The number of imidazole rings is 1. The predicted molar refractivity (Wildman–Crippen MR) is 60.4 cm³/mol. The van der Waals surface area contributed by atoms with Gasteiger partial charge in [0.1, 0.15) is 0 Å². The van der Waals surface area contributed by atoms with E-state index in [-0.39, 0.29) is 10.8 Å². The Morgan fingerprint density at radius 1 is 1.00 bits per heavy atom. The van der Waals surface area contributed by atoms with Crippen LogP contribution in [0.2, 0.25) is 0 Å². The molecule has 0 unspecified atom stereocenters. The summed E-state index contributed by atoms with van der Waals surface area (Å²) in [5, 5.41) is 0. The molecule has 0 radical (unpaired) electrons. The zero-order chi connectivity index (χ0) is 11.1. The Morgan fingerprint density at radius 2 is 1.50 bits per heavy atom. The van der Waals surface area contributed by atoms with Gasteiger partial charge in [0.15, 0.2) is 5.95 Å². The van der Waals surface area contributed by atoms with E-state index >= 15 is 0 Å². The van der Waals surface area contributed by atoms with E-state index in [1.165, 1.54) is 0 Å². The Balaban J connectivity index is 3.31. The molecule has 0 atom stereocenters. The van der Waals surface area contributed by atoms with Gasteiger partial charge in [-0.2, -0.15) is 0 Å². The number of aromatic amines is 1. The standard InChI is InChI=1S/C11H21N3/c1-10(2,3)7-8(11(4,5)6)14-9(12)13-7/h1-6H3,(H3,12,13,14). The van der Waals surface area contributed by atoms with Crippen molar-refractivity contribution in [1.29, 1.82) is 0 Å². The van der Waals surface area contributed by atoms with Gasteiger partial charge in [-0.15, -0.1) is 0 Å². The zero-order valence-corrected chi connectivity index (χ0v) is 10.0. The molecule has 1 rings (SSSR count). The first-order valence-electron chi connectivity index (χ1n) is 4.99. The van der Waals surface area contributed by atoms with E-state index in [9.17, 15) is 0 Å². The van der Waals surface area contributed by atoms with Crippen LogP contribution in [-0.4, -0.2) is 9.97 Å². The first-order chi connectivity index (χ1) is 6.12. The van der Waals surface area contributed by atoms with Crippen molar-refractivity contribution in [2.75, 3.05) is 5.73 Å². The molecule has 80 valence electrons. The van der Waals surface area contributed by atoms with Gasteiger partial charge in [-0.25, -0.2) is 4.98 Å². The summed E-state index contributed by atoms with van der Waals surface area (Å²) in [5.41, 5.74) is 8.02. The molecule has 0 saturated heterocycles. The highest BCUT2D eigenvalue weighted by molar-refractivity contribution is 5.34. The summed E-state index contributed by atoms with van der Waals surface area (Å²) in [4.78, 5) is 7.53. The average Bonchev–Trinajstić information content (AvgIpc) is 2.27. The Bertz CT molecular complexity index is 292. The van der Waals surface area contributed by atoms with E-state index in [0.717, 1.165) is 11.4 Å². The Hall–Kier alpha value is -0.990. The molecular weight excluding hydrogens is 174 g/mol. The summed E-state index contributed by atoms with van der Waals surface area (Å²) >= 11 is 0. The van der Waals surface area contributed by atoms with Crippen molar-refractivity contribution in [3.63, 3.8) is 0 Å². The monoisotopic (exact) mass is 195 g/mol. The molecule has 14 heavy (non-hydrogen) atoms. The molecule has 3 heteroatoms. The fourth-order valence-electron chi connectivity index (χ4n) is 1.48. The maximum atomic E-state index is 5.71. The highest BCUT2D eigenvalue weighted by atomic mass is 15.0. The van der Waals surface area contributed by atoms with Gasteiger partial charge in [0.25, 0.3) is 0 Å². The molecule has 3 nitrogen and oxygen atoms in total. The minimum Gasteiger partial charge on any atom is -0.369 e. The van der Waals surface area contributed by atoms with E-state index in [2.05, 4.69) is 51.5 Å². The van der Waals surface area contributed by atoms with Crippen LogP contribution in [0, 0.1) is 0 Å². The molecule has 0 aromatic carbocycles. The van der Waals surface area contributed by atoms with Gasteiger partial charge in [-0.05, 0) is 0 Å². The van der Waals surface area contributed by atoms with Crippen molar-refractivity contribution in [2.24, 2.45) is 0 Å². The summed E-state index contributed by atoms with van der Waals surface area (Å²) in [6, 6.07) is 0. The molecule has 0 fully saturated rings. The van der Waals surface area contributed by atoms with Gasteiger partial charge < -0.3 is 10.7 Å². The minimum atomic E-state index is 0.0384. The minimum absolute atomic E-state index is 0.0384. The number of nitrogen functional groups attached to an aromatic ring is 1. The predicted octanol–water partition coefficient (Wildman–Crippen LogP) is 2.59. The number of hydrogen-bond donors (Lipinski definition) is 2. The lowest BCUT2D eigenvalue weighted by Gasteiger charge is -2.24.